The fourth-order valence-corrected chi connectivity index (χ4v) is 2.43. The lowest BCUT2D eigenvalue weighted by Crippen LogP contribution is -2.31. The normalized spacial score (nSPS) is 10.6. The van der Waals surface area contributed by atoms with Crippen molar-refractivity contribution in [3.05, 3.63) is 123 Å². The van der Waals surface area contributed by atoms with Gasteiger partial charge >= 0.3 is 0 Å². The highest BCUT2D eigenvalue weighted by Crippen LogP contribution is 2.06. The molecule has 0 aliphatic carbocycles. The van der Waals surface area contributed by atoms with Gasteiger partial charge in [0, 0.05) is 31.1 Å². The molecule has 1 heterocycles. The second kappa shape index (κ2) is 32.2. The van der Waals surface area contributed by atoms with Gasteiger partial charge in [0.1, 0.15) is 7.05 Å². The summed E-state index contributed by atoms with van der Waals surface area (Å²) in [6.45, 7) is 33.5. The first-order chi connectivity index (χ1) is 19.2. The van der Waals surface area contributed by atoms with E-state index in [9.17, 15) is 10.1 Å². The number of unbranched alkanes of at least 4 members (excludes halogenated alkanes) is 2. The summed E-state index contributed by atoms with van der Waals surface area (Å²) in [6.07, 6.45) is 18.5. The van der Waals surface area contributed by atoms with Gasteiger partial charge in [-0.3, -0.25) is 10.1 Å². The summed E-state index contributed by atoms with van der Waals surface area (Å²) in [6, 6.07) is 4.18. The maximum atomic E-state index is 10.3. The standard InChI is InChI=1S/C10H18.C9H15NO2.C8H12N.C8H12.C2H6.CH4/c1-5-6-7-8-10(4)9(2)3;1-4-5-6-7-8(2)9(3)10(11)12;1-7-5-4-6-9(3)8(7)2;1-5-6-8(4)7(2)3;1-2;/h7-8H,5-6H2,1-4H3;6-7H,4-5H2,1-3H3;4-6H,1-3H3;5-6H,1-2H2,3-4H3;1-2H3;1H4/q;;+1;;;/b8-7+;7-6+,9-8-;;8-6-;;. The molecule has 42 heavy (non-hydrogen) atoms. The van der Waals surface area contributed by atoms with E-state index in [0.29, 0.717) is 0 Å². The van der Waals surface area contributed by atoms with Crippen LogP contribution in [0.5, 0.6) is 0 Å². The molecule has 0 radical (unpaired) electrons. The third kappa shape index (κ3) is 29.7. The third-order valence-corrected chi connectivity index (χ3v) is 6.08. The first-order valence-electron chi connectivity index (χ1n) is 14.8. The third-order valence-electron chi connectivity index (χ3n) is 6.08. The molecule has 0 atom stereocenters. The summed E-state index contributed by atoms with van der Waals surface area (Å²) in [5, 5.41) is 10.3. The molecule has 0 fully saturated rings. The van der Waals surface area contributed by atoms with E-state index in [4.69, 9.17) is 0 Å². The zero-order chi connectivity index (χ0) is 33.0. The molecule has 4 heteroatoms. The van der Waals surface area contributed by atoms with Gasteiger partial charge in [-0.2, -0.15) is 0 Å². The van der Waals surface area contributed by atoms with Gasteiger partial charge in [0.15, 0.2) is 11.9 Å². The number of nitro groups is 1. The molecular formula is C38H67N2O2+. The number of hydrogen-bond donors (Lipinski definition) is 0. The molecule has 0 unspecified atom stereocenters. The Bertz CT molecular complexity index is 1010. The summed E-state index contributed by atoms with van der Waals surface area (Å²) in [4.78, 5) is 9.93. The average molecular weight is 584 g/mol. The SMILES string of the molecule is C.C=C/C=C(/C)C(=C)C.CC.CCC/C=C/C(C)=C(/C)[N+](=O)[O-].CCC/C=C/C(C)=C(C)C.Cc1ccc[n+](C)c1C. The highest BCUT2D eigenvalue weighted by atomic mass is 16.6. The summed E-state index contributed by atoms with van der Waals surface area (Å²) >= 11 is 0. The molecule has 0 aliphatic rings. The summed E-state index contributed by atoms with van der Waals surface area (Å²) in [7, 11) is 2.06. The monoisotopic (exact) mass is 584 g/mol. The van der Waals surface area contributed by atoms with Crippen LogP contribution in [0.4, 0.5) is 0 Å². The van der Waals surface area contributed by atoms with Gasteiger partial charge in [-0.05, 0) is 72.9 Å². The molecule has 1 aromatic heterocycles. The number of aryl methyl sites for hydroxylation is 2. The Hall–Kier alpha value is -3.27. The molecule has 1 rings (SSSR count). The van der Waals surface area contributed by atoms with E-state index in [-0.39, 0.29) is 18.0 Å². The van der Waals surface area contributed by atoms with Crippen molar-refractivity contribution in [1.82, 2.24) is 0 Å². The molecule has 0 aromatic carbocycles. The van der Waals surface area contributed by atoms with Crippen LogP contribution in [0.3, 0.4) is 0 Å². The molecular weight excluding hydrogens is 516 g/mol. The number of rotatable bonds is 9. The van der Waals surface area contributed by atoms with Gasteiger partial charge in [-0.15, -0.1) is 0 Å². The first-order valence-corrected chi connectivity index (χ1v) is 14.8. The highest BCUT2D eigenvalue weighted by Gasteiger charge is 2.04. The van der Waals surface area contributed by atoms with Crippen LogP contribution in [0.1, 0.15) is 121 Å². The van der Waals surface area contributed by atoms with Crippen LogP contribution in [0.25, 0.3) is 0 Å². The van der Waals surface area contributed by atoms with Crippen LogP contribution in [0.15, 0.2) is 102 Å². The van der Waals surface area contributed by atoms with Gasteiger partial charge in [0.05, 0.1) is 4.92 Å². The van der Waals surface area contributed by atoms with Crippen LogP contribution < -0.4 is 4.57 Å². The van der Waals surface area contributed by atoms with Crippen molar-refractivity contribution in [2.24, 2.45) is 7.05 Å². The van der Waals surface area contributed by atoms with Crippen molar-refractivity contribution in [1.29, 1.82) is 0 Å². The quantitative estimate of drug-likeness (QED) is 0.126. The molecule has 0 saturated carbocycles. The first kappa shape index (κ1) is 48.5. The van der Waals surface area contributed by atoms with E-state index >= 15 is 0 Å². The van der Waals surface area contributed by atoms with E-state index in [2.05, 4.69) is 104 Å². The number of pyridine rings is 1. The molecule has 0 N–H and O–H groups in total. The minimum atomic E-state index is -0.356. The summed E-state index contributed by atoms with van der Waals surface area (Å²) < 4.78 is 2.12. The van der Waals surface area contributed by atoms with Crippen molar-refractivity contribution < 1.29 is 9.49 Å². The van der Waals surface area contributed by atoms with E-state index in [0.717, 1.165) is 24.0 Å². The molecule has 1 aromatic rings. The highest BCUT2D eigenvalue weighted by molar-refractivity contribution is 5.26. The van der Waals surface area contributed by atoms with Gasteiger partial charge < -0.3 is 0 Å². The average Bonchev–Trinajstić information content (AvgIpc) is 2.93. The molecule has 240 valence electrons. The van der Waals surface area contributed by atoms with Crippen molar-refractivity contribution in [2.45, 2.75) is 123 Å². The maximum Gasteiger partial charge on any atom is 0.246 e. The zero-order valence-corrected chi connectivity index (χ0v) is 29.1. The Kier molecular flexibility index (Phi) is 37.2. The molecule has 0 spiro atoms. The van der Waals surface area contributed by atoms with Crippen molar-refractivity contribution in [2.75, 3.05) is 0 Å². The smallest absolute Gasteiger partial charge is 0.246 e. The lowest BCUT2D eigenvalue weighted by molar-refractivity contribution is -0.678. The number of hydrogen-bond acceptors (Lipinski definition) is 2. The Morgan fingerprint density at radius 2 is 1.38 bits per heavy atom. The molecule has 0 saturated heterocycles. The Labute approximate surface area is 262 Å². The van der Waals surface area contributed by atoms with Gasteiger partial charge in [-0.1, -0.05) is 114 Å². The van der Waals surface area contributed by atoms with Crippen molar-refractivity contribution >= 4 is 0 Å². The molecule has 0 bridgehead atoms. The zero-order valence-electron chi connectivity index (χ0n) is 29.1. The Balaban J connectivity index is -0.000000142. The van der Waals surface area contributed by atoms with Crippen molar-refractivity contribution in [3.8, 4) is 0 Å². The van der Waals surface area contributed by atoms with Gasteiger partial charge in [0.25, 0.3) is 0 Å². The number of aromatic nitrogens is 1. The van der Waals surface area contributed by atoms with Gasteiger partial charge in [0.2, 0.25) is 5.70 Å². The maximum absolute atomic E-state index is 10.3. The topological polar surface area (TPSA) is 47.0 Å². The van der Waals surface area contributed by atoms with E-state index in [1.54, 1.807) is 13.0 Å². The predicted molar refractivity (Wildman–Crippen MR) is 191 cm³/mol. The largest absolute Gasteiger partial charge is 0.259 e. The summed E-state index contributed by atoms with van der Waals surface area (Å²) in [5.41, 5.74) is 8.74. The Morgan fingerprint density at radius 3 is 1.67 bits per heavy atom. The van der Waals surface area contributed by atoms with Gasteiger partial charge in [-0.25, -0.2) is 4.57 Å². The van der Waals surface area contributed by atoms with E-state index in [1.165, 1.54) is 47.7 Å². The molecule has 0 aliphatic heterocycles. The summed E-state index contributed by atoms with van der Waals surface area (Å²) in [5.74, 6) is 0. The predicted octanol–water partition coefficient (Wildman–Crippen LogP) is 12.1. The minimum absolute atomic E-state index is 0. The van der Waals surface area contributed by atoms with Crippen LogP contribution in [-0.2, 0) is 7.05 Å². The fraction of sp³-hybridized carbons (Fsp3) is 0.500. The van der Waals surface area contributed by atoms with Crippen LogP contribution in [0.2, 0.25) is 0 Å². The van der Waals surface area contributed by atoms with E-state index in [1.807, 2.05) is 45.9 Å². The van der Waals surface area contributed by atoms with Crippen LogP contribution in [-0.4, -0.2) is 4.92 Å². The number of allylic oxidation sites excluding steroid dienone is 12. The van der Waals surface area contributed by atoms with Crippen LogP contribution >= 0.6 is 0 Å². The Morgan fingerprint density at radius 1 is 0.929 bits per heavy atom. The lowest BCUT2D eigenvalue weighted by atomic mass is 10.1. The van der Waals surface area contributed by atoms with Crippen LogP contribution in [0, 0.1) is 24.0 Å². The van der Waals surface area contributed by atoms with E-state index < -0.39 is 0 Å². The minimum Gasteiger partial charge on any atom is -0.259 e. The molecule has 0 amide bonds. The fourth-order valence-electron chi connectivity index (χ4n) is 2.43. The molecule has 4 nitrogen and oxygen atoms in total. The number of nitrogens with zero attached hydrogens (tertiary/aromatic N) is 2. The second-order valence-electron chi connectivity index (χ2n) is 9.84. The second-order valence-corrected chi connectivity index (χ2v) is 9.84. The van der Waals surface area contributed by atoms with Crippen molar-refractivity contribution in [3.63, 3.8) is 0 Å². The lowest BCUT2D eigenvalue weighted by Gasteiger charge is -1.94.